The summed E-state index contributed by atoms with van der Waals surface area (Å²) in [5.74, 6) is -0.0777. The number of benzene rings is 2. The van der Waals surface area contributed by atoms with Gasteiger partial charge in [0.1, 0.15) is 0 Å². The minimum Gasteiger partial charge on any atom is -0.322 e. The summed E-state index contributed by atoms with van der Waals surface area (Å²) in [6.07, 6.45) is 4.66. The van der Waals surface area contributed by atoms with Gasteiger partial charge in [-0.1, -0.05) is 24.3 Å². The quantitative estimate of drug-likeness (QED) is 0.580. The van der Waals surface area contributed by atoms with Crippen molar-refractivity contribution in [3.63, 3.8) is 0 Å². The van der Waals surface area contributed by atoms with Crippen LogP contribution in [0.2, 0.25) is 0 Å². The molecule has 2 aromatic heterocycles. The highest BCUT2D eigenvalue weighted by Gasteiger charge is 2.23. The van der Waals surface area contributed by atoms with Crippen LogP contribution in [0.4, 0.5) is 5.69 Å². The zero-order valence-electron chi connectivity index (χ0n) is 15.6. The van der Waals surface area contributed by atoms with Gasteiger partial charge in [0.25, 0.3) is 5.91 Å². The highest BCUT2D eigenvalue weighted by molar-refractivity contribution is 6.13. The molecule has 28 heavy (non-hydrogen) atoms. The Morgan fingerprint density at radius 1 is 1.07 bits per heavy atom. The first-order valence-electron chi connectivity index (χ1n) is 9.53. The summed E-state index contributed by atoms with van der Waals surface area (Å²) < 4.78 is 1.86. The topological polar surface area (TPSA) is 59.8 Å². The fraction of sp³-hybridized carbons (Fsp3) is 0.174. The normalized spacial score (nSPS) is 12.9. The SMILES string of the molecule is Cc1ccnn1-c1cccc(NC(=O)c2c3c(nc4ccccc24)CCC3)c1. The van der Waals surface area contributed by atoms with Gasteiger partial charge in [0.05, 0.1) is 16.8 Å². The molecule has 1 aliphatic carbocycles. The average molecular weight is 368 g/mol. The van der Waals surface area contributed by atoms with Gasteiger partial charge in [-0.2, -0.15) is 5.10 Å². The predicted octanol–water partition coefficient (Wildman–Crippen LogP) is 4.47. The zero-order chi connectivity index (χ0) is 19.1. The number of aryl methyl sites for hydroxylation is 2. The molecule has 5 nitrogen and oxygen atoms in total. The number of hydrogen-bond donors (Lipinski definition) is 1. The number of fused-ring (bicyclic) bond motifs is 2. The molecule has 5 heteroatoms. The first-order valence-corrected chi connectivity index (χ1v) is 9.53. The van der Waals surface area contributed by atoms with Crippen LogP contribution < -0.4 is 5.32 Å². The van der Waals surface area contributed by atoms with Crippen LogP contribution in [0, 0.1) is 6.92 Å². The van der Waals surface area contributed by atoms with Crippen molar-refractivity contribution in [2.45, 2.75) is 26.2 Å². The lowest BCUT2D eigenvalue weighted by Gasteiger charge is -2.13. The third-order valence-electron chi connectivity index (χ3n) is 5.33. The monoisotopic (exact) mass is 368 g/mol. The number of carbonyl (C=O) groups is 1. The predicted molar refractivity (Wildman–Crippen MR) is 110 cm³/mol. The van der Waals surface area contributed by atoms with Crippen molar-refractivity contribution in [3.8, 4) is 5.69 Å². The summed E-state index contributed by atoms with van der Waals surface area (Å²) in [6, 6.07) is 17.6. The largest absolute Gasteiger partial charge is 0.322 e. The van der Waals surface area contributed by atoms with Crippen molar-refractivity contribution < 1.29 is 4.79 Å². The maximum atomic E-state index is 13.3. The van der Waals surface area contributed by atoms with E-state index in [1.807, 2.05) is 66.2 Å². The molecule has 0 aliphatic heterocycles. The van der Waals surface area contributed by atoms with Crippen LogP contribution in [0.1, 0.15) is 33.7 Å². The van der Waals surface area contributed by atoms with E-state index in [2.05, 4.69) is 10.4 Å². The Morgan fingerprint density at radius 3 is 2.82 bits per heavy atom. The molecule has 0 unspecified atom stereocenters. The van der Waals surface area contributed by atoms with E-state index >= 15 is 0 Å². The Kier molecular flexibility index (Phi) is 3.93. The summed E-state index contributed by atoms with van der Waals surface area (Å²) in [4.78, 5) is 18.1. The minimum absolute atomic E-state index is 0.0777. The number of carbonyl (C=O) groups excluding carboxylic acids is 1. The second kappa shape index (κ2) is 6.60. The number of pyridine rings is 1. The summed E-state index contributed by atoms with van der Waals surface area (Å²) >= 11 is 0. The van der Waals surface area contributed by atoms with E-state index in [0.29, 0.717) is 0 Å². The van der Waals surface area contributed by atoms with E-state index in [1.54, 1.807) is 6.20 Å². The van der Waals surface area contributed by atoms with Crippen LogP contribution in [0.15, 0.2) is 60.8 Å². The van der Waals surface area contributed by atoms with E-state index < -0.39 is 0 Å². The molecular weight excluding hydrogens is 348 g/mol. The fourth-order valence-electron chi connectivity index (χ4n) is 4.02. The van der Waals surface area contributed by atoms with Gasteiger partial charge >= 0.3 is 0 Å². The summed E-state index contributed by atoms with van der Waals surface area (Å²) in [6.45, 7) is 2.00. The molecule has 2 heterocycles. The second-order valence-electron chi connectivity index (χ2n) is 7.17. The van der Waals surface area contributed by atoms with Gasteiger partial charge in [0.15, 0.2) is 0 Å². The smallest absolute Gasteiger partial charge is 0.256 e. The Morgan fingerprint density at radius 2 is 1.96 bits per heavy atom. The van der Waals surface area contributed by atoms with E-state index in [-0.39, 0.29) is 5.91 Å². The fourth-order valence-corrected chi connectivity index (χ4v) is 4.02. The Balaban J connectivity index is 1.55. The molecule has 5 rings (SSSR count). The summed E-state index contributed by atoms with van der Waals surface area (Å²) in [5.41, 5.74) is 6.52. The van der Waals surface area contributed by atoms with Crippen molar-refractivity contribution >= 4 is 22.5 Å². The lowest BCUT2D eigenvalue weighted by molar-refractivity contribution is 0.102. The van der Waals surface area contributed by atoms with E-state index in [4.69, 9.17) is 4.98 Å². The lowest BCUT2D eigenvalue weighted by Crippen LogP contribution is -2.16. The van der Waals surface area contributed by atoms with Gasteiger partial charge in [-0.25, -0.2) is 4.68 Å². The molecule has 4 aromatic rings. The lowest BCUT2D eigenvalue weighted by atomic mass is 10.0. The Labute approximate surface area is 163 Å². The molecule has 138 valence electrons. The summed E-state index contributed by atoms with van der Waals surface area (Å²) in [5, 5.41) is 8.36. The van der Waals surface area contributed by atoms with E-state index in [9.17, 15) is 4.79 Å². The number of anilines is 1. The van der Waals surface area contributed by atoms with Gasteiger partial charge < -0.3 is 5.32 Å². The Hall–Kier alpha value is -3.47. The molecule has 0 saturated heterocycles. The molecule has 0 spiro atoms. The van der Waals surface area contributed by atoms with Crippen LogP contribution in [-0.2, 0) is 12.8 Å². The molecule has 0 fully saturated rings. The molecule has 1 N–H and O–H groups in total. The minimum atomic E-state index is -0.0777. The van der Waals surface area contributed by atoms with Gasteiger partial charge in [0, 0.05) is 28.7 Å². The molecular formula is C23H20N4O. The number of amides is 1. The van der Waals surface area contributed by atoms with Gasteiger partial charge in [-0.05, 0) is 62.1 Å². The maximum Gasteiger partial charge on any atom is 0.256 e. The standard InChI is InChI=1S/C23H20N4O/c1-15-12-13-24-27(15)17-7-4-6-16(14-17)25-23(28)22-18-8-2-3-10-20(18)26-21-11-5-9-19(21)22/h2-4,6-8,10,12-14H,5,9,11H2,1H3,(H,25,28). The number of para-hydroxylation sites is 1. The van der Waals surface area contributed by atoms with Gasteiger partial charge in [-0.3, -0.25) is 9.78 Å². The third kappa shape index (κ3) is 2.76. The third-order valence-corrected chi connectivity index (χ3v) is 5.33. The van der Waals surface area contributed by atoms with Crippen molar-refractivity contribution in [2.75, 3.05) is 5.32 Å². The highest BCUT2D eigenvalue weighted by atomic mass is 16.1. The van der Waals surface area contributed by atoms with Crippen molar-refractivity contribution in [1.82, 2.24) is 14.8 Å². The van der Waals surface area contributed by atoms with Crippen LogP contribution >= 0.6 is 0 Å². The number of nitrogens with one attached hydrogen (secondary N) is 1. The molecule has 2 aromatic carbocycles. The van der Waals surface area contributed by atoms with Crippen molar-refractivity contribution in [3.05, 3.63) is 83.3 Å². The molecule has 0 atom stereocenters. The number of aromatic nitrogens is 3. The number of rotatable bonds is 3. The van der Waals surface area contributed by atoms with Crippen LogP contribution in [0.3, 0.4) is 0 Å². The van der Waals surface area contributed by atoms with Crippen LogP contribution in [-0.4, -0.2) is 20.7 Å². The number of nitrogens with zero attached hydrogens (tertiary/aromatic N) is 3. The van der Waals surface area contributed by atoms with Gasteiger partial charge in [0.2, 0.25) is 0 Å². The first-order chi connectivity index (χ1) is 13.7. The zero-order valence-corrected chi connectivity index (χ0v) is 15.6. The van der Waals surface area contributed by atoms with E-state index in [1.165, 1.54) is 0 Å². The second-order valence-corrected chi connectivity index (χ2v) is 7.17. The average Bonchev–Trinajstić information content (AvgIpc) is 3.34. The Bertz CT molecular complexity index is 1210. The maximum absolute atomic E-state index is 13.3. The first kappa shape index (κ1) is 16.7. The molecule has 0 saturated carbocycles. The van der Waals surface area contributed by atoms with Crippen LogP contribution in [0.5, 0.6) is 0 Å². The molecule has 1 amide bonds. The van der Waals surface area contributed by atoms with E-state index in [0.717, 1.165) is 64.1 Å². The van der Waals surface area contributed by atoms with Crippen molar-refractivity contribution in [2.24, 2.45) is 0 Å². The summed E-state index contributed by atoms with van der Waals surface area (Å²) in [7, 11) is 0. The highest BCUT2D eigenvalue weighted by Crippen LogP contribution is 2.30. The molecule has 0 radical (unpaired) electrons. The van der Waals surface area contributed by atoms with Crippen molar-refractivity contribution in [1.29, 1.82) is 0 Å². The van der Waals surface area contributed by atoms with Crippen LogP contribution in [0.25, 0.3) is 16.6 Å². The van der Waals surface area contributed by atoms with Gasteiger partial charge in [-0.15, -0.1) is 0 Å². The molecule has 1 aliphatic rings. The molecule has 0 bridgehead atoms. The number of hydrogen-bond acceptors (Lipinski definition) is 3.